The highest BCUT2D eigenvalue weighted by Crippen LogP contribution is 2.20. The number of carbonyl (C=O) groups excluding carboxylic acids is 2. The van der Waals surface area contributed by atoms with Crippen LogP contribution < -0.4 is 5.32 Å². The molecule has 6 nitrogen and oxygen atoms in total. The molecule has 0 rings (SSSR count). The van der Waals surface area contributed by atoms with Gasteiger partial charge in [-0.2, -0.15) is 0 Å². The van der Waals surface area contributed by atoms with Crippen LogP contribution in [0.1, 0.15) is 412 Å². The van der Waals surface area contributed by atoms with Crippen LogP contribution in [-0.4, -0.2) is 47.4 Å². The van der Waals surface area contributed by atoms with Crippen LogP contribution in [0.5, 0.6) is 0 Å². The number of aliphatic hydroxyl groups excluding tert-OH is 2. The summed E-state index contributed by atoms with van der Waals surface area (Å²) in [6.07, 6.45) is 88.2. The number of ether oxygens (including phenoxy) is 1. The molecule has 0 aliphatic carbocycles. The lowest BCUT2D eigenvalue weighted by molar-refractivity contribution is -0.143. The standard InChI is InChI=1S/C74H143NO5/c1-3-5-7-9-11-13-15-17-19-36-39-42-46-50-54-58-62-66-72(77)71(70-76)75-73(78)67-63-59-55-51-47-43-40-37-34-32-30-28-26-24-22-20-21-23-25-27-29-31-33-35-38-41-45-49-53-57-61-65-69-80-74(79)68-64-60-56-52-48-44-18-16-14-12-10-8-6-4-2/h10,12,16,18,71-72,76-77H,3-9,11,13-15,17,19-70H2,1-2H3,(H,75,78)/b12-10-,18-16-. The normalized spacial score (nSPS) is 12.6. The van der Waals surface area contributed by atoms with Crippen LogP contribution in [0.15, 0.2) is 24.3 Å². The molecule has 0 fully saturated rings. The Labute approximate surface area is 501 Å². The second-order valence-corrected chi connectivity index (χ2v) is 25.3. The smallest absolute Gasteiger partial charge is 0.305 e. The van der Waals surface area contributed by atoms with E-state index in [9.17, 15) is 19.8 Å². The number of hydrogen-bond acceptors (Lipinski definition) is 5. The number of carbonyl (C=O) groups is 2. The zero-order chi connectivity index (χ0) is 57.8. The van der Waals surface area contributed by atoms with Crippen LogP contribution in [0.4, 0.5) is 0 Å². The minimum Gasteiger partial charge on any atom is -0.466 e. The number of unbranched alkanes of at least 4 members (excludes halogenated alkanes) is 54. The summed E-state index contributed by atoms with van der Waals surface area (Å²) in [6.45, 7) is 4.95. The van der Waals surface area contributed by atoms with Crippen molar-refractivity contribution < 1.29 is 24.5 Å². The zero-order valence-corrected chi connectivity index (χ0v) is 54.3. The molecule has 0 aromatic carbocycles. The molecular weight excluding hydrogens is 983 g/mol. The first-order valence-electron chi connectivity index (χ1n) is 36.6. The molecule has 2 atom stereocenters. The van der Waals surface area contributed by atoms with E-state index < -0.39 is 12.1 Å². The molecular formula is C74H143NO5. The van der Waals surface area contributed by atoms with Crippen molar-refractivity contribution in [2.24, 2.45) is 0 Å². The third-order valence-electron chi connectivity index (χ3n) is 17.3. The van der Waals surface area contributed by atoms with Gasteiger partial charge in [-0.15, -0.1) is 0 Å². The molecule has 0 saturated heterocycles. The second kappa shape index (κ2) is 69.8. The van der Waals surface area contributed by atoms with Gasteiger partial charge in [0.25, 0.3) is 0 Å². The highest BCUT2D eigenvalue weighted by molar-refractivity contribution is 5.76. The Hall–Kier alpha value is -1.66. The van der Waals surface area contributed by atoms with E-state index in [1.165, 1.54) is 327 Å². The van der Waals surface area contributed by atoms with Crippen LogP contribution in [0, 0.1) is 0 Å². The first-order valence-corrected chi connectivity index (χ1v) is 36.6. The summed E-state index contributed by atoms with van der Waals surface area (Å²) in [5, 5.41) is 23.4. The molecule has 0 aliphatic heterocycles. The van der Waals surface area contributed by atoms with E-state index in [0.29, 0.717) is 25.9 Å². The second-order valence-electron chi connectivity index (χ2n) is 25.3. The Morgan fingerprint density at radius 1 is 0.350 bits per heavy atom. The summed E-state index contributed by atoms with van der Waals surface area (Å²) in [6, 6.07) is -0.538. The van der Waals surface area contributed by atoms with Crippen LogP contribution in [0.25, 0.3) is 0 Å². The summed E-state index contributed by atoms with van der Waals surface area (Å²) in [7, 11) is 0. The number of amides is 1. The summed E-state index contributed by atoms with van der Waals surface area (Å²) in [4.78, 5) is 24.6. The highest BCUT2D eigenvalue weighted by atomic mass is 16.5. The van der Waals surface area contributed by atoms with Crippen molar-refractivity contribution in [2.75, 3.05) is 13.2 Å². The van der Waals surface area contributed by atoms with Gasteiger partial charge < -0.3 is 20.3 Å². The quantitative estimate of drug-likeness (QED) is 0.0320. The fraction of sp³-hybridized carbons (Fsp3) is 0.919. The van der Waals surface area contributed by atoms with Crippen molar-refractivity contribution >= 4 is 11.9 Å². The van der Waals surface area contributed by atoms with Gasteiger partial charge in [-0.3, -0.25) is 9.59 Å². The lowest BCUT2D eigenvalue weighted by Gasteiger charge is -2.22. The van der Waals surface area contributed by atoms with Gasteiger partial charge in [0.2, 0.25) is 5.91 Å². The molecule has 0 spiro atoms. The van der Waals surface area contributed by atoms with Gasteiger partial charge >= 0.3 is 5.97 Å². The third kappa shape index (κ3) is 65.5. The fourth-order valence-electron chi connectivity index (χ4n) is 11.7. The van der Waals surface area contributed by atoms with E-state index >= 15 is 0 Å². The van der Waals surface area contributed by atoms with Crippen molar-refractivity contribution in [3.63, 3.8) is 0 Å². The van der Waals surface area contributed by atoms with Crippen molar-refractivity contribution in [2.45, 2.75) is 424 Å². The Kier molecular flexibility index (Phi) is 68.4. The van der Waals surface area contributed by atoms with Crippen LogP contribution in [0.2, 0.25) is 0 Å². The van der Waals surface area contributed by atoms with Gasteiger partial charge in [-0.1, -0.05) is 372 Å². The maximum atomic E-state index is 12.5. The minimum atomic E-state index is -0.661. The van der Waals surface area contributed by atoms with Crippen molar-refractivity contribution in [3.8, 4) is 0 Å². The summed E-state index contributed by atoms with van der Waals surface area (Å²) < 4.78 is 5.49. The predicted molar refractivity (Wildman–Crippen MR) is 352 cm³/mol. The third-order valence-corrected chi connectivity index (χ3v) is 17.3. The van der Waals surface area contributed by atoms with Gasteiger partial charge in [0.1, 0.15) is 0 Å². The molecule has 6 heteroatoms. The monoisotopic (exact) mass is 1130 g/mol. The van der Waals surface area contributed by atoms with E-state index in [0.717, 1.165) is 51.4 Å². The predicted octanol–water partition coefficient (Wildman–Crippen LogP) is 23.7. The maximum absolute atomic E-state index is 12.5. The first kappa shape index (κ1) is 78.3. The Morgan fingerprint density at radius 2 is 0.637 bits per heavy atom. The molecule has 474 valence electrons. The van der Waals surface area contributed by atoms with E-state index in [4.69, 9.17) is 4.74 Å². The fourth-order valence-corrected chi connectivity index (χ4v) is 11.7. The first-order chi connectivity index (χ1) is 39.5. The molecule has 0 aromatic heterocycles. The topological polar surface area (TPSA) is 95.9 Å². The van der Waals surface area contributed by atoms with Gasteiger partial charge in [0.15, 0.2) is 0 Å². The summed E-state index contributed by atoms with van der Waals surface area (Å²) >= 11 is 0. The minimum absolute atomic E-state index is 0.00717. The summed E-state index contributed by atoms with van der Waals surface area (Å²) in [5.41, 5.74) is 0. The molecule has 0 heterocycles. The molecule has 2 unspecified atom stereocenters. The SMILES string of the molecule is CCCC/C=C\C/C=C\CCCCCCCC(=O)OCCCCCCCCCCCCCCCCCCCCCCCCCCCCCCCCCCC(=O)NC(CO)C(O)CCCCCCCCCCCCCCCCCCC. The zero-order valence-electron chi connectivity index (χ0n) is 54.3. The van der Waals surface area contributed by atoms with E-state index in [1.807, 2.05) is 0 Å². The van der Waals surface area contributed by atoms with Gasteiger partial charge in [-0.05, 0) is 51.4 Å². The maximum Gasteiger partial charge on any atom is 0.305 e. The lowest BCUT2D eigenvalue weighted by atomic mass is 10.0. The summed E-state index contributed by atoms with van der Waals surface area (Å²) in [5.74, 6) is -0.0194. The molecule has 0 aliphatic rings. The largest absolute Gasteiger partial charge is 0.466 e. The highest BCUT2D eigenvalue weighted by Gasteiger charge is 2.20. The van der Waals surface area contributed by atoms with Gasteiger partial charge in [0, 0.05) is 12.8 Å². The Balaban J connectivity index is 3.32. The molecule has 0 aromatic rings. The van der Waals surface area contributed by atoms with Crippen LogP contribution >= 0.6 is 0 Å². The van der Waals surface area contributed by atoms with E-state index in [-0.39, 0.29) is 18.5 Å². The Bertz CT molecular complexity index is 1250. The molecule has 3 N–H and O–H groups in total. The lowest BCUT2D eigenvalue weighted by Crippen LogP contribution is -2.45. The molecule has 80 heavy (non-hydrogen) atoms. The van der Waals surface area contributed by atoms with Crippen molar-refractivity contribution in [3.05, 3.63) is 24.3 Å². The van der Waals surface area contributed by atoms with Gasteiger partial charge in [0.05, 0.1) is 25.4 Å². The molecule has 0 bridgehead atoms. The van der Waals surface area contributed by atoms with E-state index in [2.05, 4.69) is 43.5 Å². The number of hydrogen-bond donors (Lipinski definition) is 3. The van der Waals surface area contributed by atoms with E-state index in [1.54, 1.807) is 0 Å². The van der Waals surface area contributed by atoms with Crippen LogP contribution in [-0.2, 0) is 14.3 Å². The number of allylic oxidation sites excluding steroid dienone is 4. The van der Waals surface area contributed by atoms with Crippen LogP contribution in [0.3, 0.4) is 0 Å². The Morgan fingerprint density at radius 3 is 0.988 bits per heavy atom. The molecule has 0 radical (unpaired) electrons. The molecule has 1 amide bonds. The number of esters is 1. The number of nitrogens with one attached hydrogen (secondary N) is 1. The average Bonchev–Trinajstić information content (AvgIpc) is 3.46. The molecule has 0 saturated carbocycles. The number of aliphatic hydroxyl groups is 2. The van der Waals surface area contributed by atoms with Crippen molar-refractivity contribution in [1.82, 2.24) is 5.32 Å². The van der Waals surface area contributed by atoms with Crippen molar-refractivity contribution in [1.29, 1.82) is 0 Å². The number of rotatable bonds is 69. The average molecular weight is 1130 g/mol. The van der Waals surface area contributed by atoms with Gasteiger partial charge in [-0.25, -0.2) is 0 Å².